The Kier molecular flexibility index (Phi) is 8.57. The summed E-state index contributed by atoms with van der Waals surface area (Å²) < 4.78 is 54.3. The van der Waals surface area contributed by atoms with Gasteiger partial charge in [-0.1, -0.05) is 12.1 Å². The van der Waals surface area contributed by atoms with E-state index in [1.165, 1.54) is 36.7 Å². The third-order valence-corrected chi connectivity index (χ3v) is 3.16. The molecular weight excluding hydrogens is 390 g/mol. The van der Waals surface area contributed by atoms with Crippen LogP contribution in [0.3, 0.4) is 0 Å². The maximum absolute atomic E-state index is 12.9. The Morgan fingerprint density at radius 1 is 1.14 bits per heavy atom. The van der Waals surface area contributed by atoms with Crippen LogP contribution in [0.15, 0.2) is 48.8 Å². The topological polar surface area (TPSA) is 77.2 Å². The van der Waals surface area contributed by atoms with Crippen LogP contribution < -0.4 is 15.8 Å². The van der Waals surface area contributed by atoms with Crippen molar-refractivity contribution in [3.05, 3.63) is 59.9 Å². The lowest BCUT2D eigenvalue weighted by Crippen LogP contribution is -2.33. The van der Waals surface area contributed by atoms with Crippen LogP contribution in [-0.4, -0.2) is 29.0 Å². The summed E-state index contributed by atoms with van der Waals surface area (Å²) >= 11 is 0. The number of ether oxygens (including phenoxy) is 1. The highest BCUT2D eigenvalue weighted by molar-refractivity contribution is 5.94. The van der Waals surface area contributed by atoms with E-state index in [4.69, 9.17) is 5.73 Å². The predicted octanol–water partition coefficient (Wildman–Crippen LogP) is 4.55. The molecule has 0 aliphatic carbocycles. The standard InChI is InChI=1S/C16H14F4N2O2.C4H11N/c1-10(22-14(23)11-5-7-21-8-6-11)12-3-2-4-13(9-12)24-16(19,20)15(17)18;1-4(2,3)5/h2-10,15H,1H3,(H,22,23);5H2,1-3H3. The minimum atomic E-state index is -4.58. The van der Waals surface area contributed by atoms with Gasteiger partial charge < -0.3 is 15.8 Å². The molecule has 0 radical (unpaired) electrons. The van der Waals surface area contributed by atoms with Crippen molar-refractivity contribution >= 4 is 5.91 Å². The zero-order valence-corrected chi connectivity index (χ0v) is 16.6. The van der Waals surface area contributed by atoms with Gasteiger partial charge in [-0.3, -0.25) is 9.78 Å². The summed E-state index contributed by atoms with van der Waals surface area (Å²) in [5.41, 5.74) is 6.17. The number of hydrogen-bond acceptors (Lipinski definition) is 4. The molecule has 9 heteroatoms. The summed E-state index contributed by atoms with van der Waals surface area (Å²) in [6.07, 6.45) is -5.60. The summed E-state index contributed by atoms with van der Waals surface area (Å²) in [5.74, 6) is -0.794. The van der Waals surface area contributed by atoms with Crippen LogP contribution in [-0.2, 0) is 0 Å². The lowest BCUT2D eigenvalue weighted by Gasteiger charge is -2.19. The zero-order chi connectivity index (χ0) is 22.2. The fourth-order valence-corrected chi connectivity index (χ4v) is 1.92. The van der Waals surface area contributed by atoms with Crippen molar-refractivity contribution < 1.29 is 27.1 Å². The van der Waals surface area contributed by atoms with Crippen molar-refractivity contribution in [2.24, 2.45) is 5.73 Å². The van der Waals surface area contributed by atoms with Gasteiger partial charge in [-0.15, -0.1) is 0 Å². The van der Waals surface area contributed by atoms with Gasteiger partial charge in [0.05, 0.1) is 6.04 Å². The molecule has 0 aliphatic rings. The van der Waals surface area contributed by atoms with Crippen LogP contribution >= 0.6 is 0 Å². The third kappa shape index (κ3) is 9.38. The number of nitrogens with one attached hydrogen (secondary N) is 1. The van der Waals surface area contributed by atoms with Gasteiger partial charge in [0.1, 0.15) is 5.75 Å². The van der Waals surface area contributed by atoms with Gasteiger partial charge in [-0.2, -0.15) is 17.6 Å². The molecule has 2 aromatic rings. The smallest absolute Gasteiger partial charge is 0.428 e. The van der Waals surface area contributed by atoms with Crippen LogP contribution in [0.1, 0.15) is 49.7 Å². The molecule has 0 bridgehead atoms. The first-order valence-corrected chi connectivity index (χ1v) is 8.74. The molecule has 1 unspecified atom stereocenters. The Morgan fingerprint density at radius 3 is 2.21 bits per heavy atom. The van der Waals surface area contributed by atoms with E-state index in [-0.39, 0.29) is 11.4 Å². The molecule has 1 heterocycles. The molecule has 0 saturated carbocycles. The second-order valence-corrected chi connectivity index (χ2v) is 7.33. The molecule has 0 aliphatic heterocycles. The fourth-order valence-electron chi connectivity index (χ4n) is 1.92. The van der Waals surface area contributed by atoms with E-state index in [0.717, 1.165) is 6.07 Å². The summed E-state index contributed by atoms with van der Waals surface area (Å²) in [4.78, 5) is 15.8. The molecule has 1 atom stereocenters. The van der Waals surface area contributed by atoms with E-state index in [9.17, 15) is 22.4 Å². The summed E-state index contributed by atoms with van der Waals surface area (Å²) in [6, 6.07) is 7.74. The van der Waals surface area contributed by atoms with Crippen molar-refractivity contribution in [2.75, 3.05) is 0 Å². The van der Waals surface area contributed by atoms with Gasteiger partial charge >= 0.3 is 12.5 Å². The van der Waals surface area contributed by atoms with Crippen LogP contribution in [0.4, 0.5) is 17.6 Å². The van der Waals surface area contributed by atoms with E-state index in [1.807, 2.05) is 20.8 Å². The first-order chi connectivity index (χ1) is 13.3. The molecule has 0 fully saturated rings. The number of halogens is 4. The molecule has 160 valence electrons. The number of benzene rings is 1. The van der Waals surface area contributed by atoms with E-state index in [2.05, 4.69) is 15.0 Å². The van der Waals surface area contributed by atoms with Crippen molar-refractivity contribution in [1.29, 1.82) is 0 Å². The van der Waals surface area contributed by atoms with Crippen LogP contribution in [0, 0.1) is 0 Å². The average molecular weight is 415 g/mol. The Balaban J connectivity index is 0.000000749. The number of carbonyl (C=O) groups excluding carboxylic acids is 1. The monoisotopic (exact) mass is 415 g/mol. The van der Waals surface area contributed by atoms with E-state index in [0.29, 0.717) is 11.1 Å². The largest absolute Gasteiger partial charge is 0.461 e. The molecule has 3 N–H and O–H groups in total. The summed E-state index contributed by atoms with van der Waals surface area (Å²) in [7, 11) is 0. The first kappa shape index (κ1) is 24.4. The van der Waals surface area contributed by atoms with Crippen LogP contribution in [0.25, 0.3) is 0 Å². The zero-order valence-electron chi connectivity index (χ0n) is 16.6. The van der Waals surface area contributed by atoms with E-state index < -0.39 is 24.3 Å². The minimum Gasteiger partial charge on any atom is -0.428 e. The fraction of sp³-hybridized carbons (Fsp3) is 0.400. The second-order valence-electron chi connectivity index (χ2n) is 7.33. The molecule has 5 nitrogen and oxygen atoms in total. The summed E-state index contributed by atoms with van der Waals surface area (Å²) in [5, 5.41) is 2.67. The Hall–Kier alpha value is -2.68. The molecule has 0 saturated heterocycles. The Morgan fingerprint density at radius 2 is 1.69 bits per heavy atom. The highest BCUT2D eigenvalue weighted by Crippen LogP contribution is 2.29. The second kappa shape index (κ2) is 10.2. The summed E-state index contributed by atoms with van der Waals surface area (Å²) in [6.45, 7) is 7.52. The molecular formula is C20H25F4N3O2. The van der Waals surface area contributed by atoms with Gasteiger partial charge in [0.2, 0.25) is 0 Å². The molecule has 1 aromatic heterocycles. The maximum atomic E-state index is 12.9. The SMILES string of the molecule is CC(C)(C)N.CC(NC(=O)c1ccncc1)c1cccc(OC(F)(F)C(F)F)c1. The van der Waals surface area contributed by atoms with E-state index in [1.54, 1.807) is 13.0 Å². The van der Waals surface area contributed by atoms with Gasteiger partial charge in [0, 0.05) is 23.5 Å². The average Bonchev–Trinajstić information content (AvgIpc) is 2.60. The number of carbonyl (C=O) groups is 1. The number of rotatable bonds is 6. The number of nitrogens with zero attached hydrogens (tertiary/aromatic N) is 1. The highest BCUT2D eigenvalue weighted by Gasteiger charge is 2.44. The lowest BCUT2D eigenvalue weighted by atomic mass is 10.1. The number of amides is 1. The van der Waals surface area contributed by atoms with Crippen molar-refractivity contribution in [3.63, 3.8) is 0 Å². The molecule has 1 amide bonds. The lowest BCUT2D eigenvalue weighted by molar-refractivity contribution is -0.253. The van der Waals surface area contributed by atoms with Crippen LogP contribution in [0.2, 0.25) is 0 Å². The number of pyridine rings is 1. The van der Waals surface area contributed by atoms with Crippen molar-refractivity contribution in [3.8, 4) is 5.75 Å². The molecule has 1 aromatic carbocycles. The Bertz CT molecular complexity index is 775. The predicted molar refractivity (Wildman–Crippen MR) is 102 cm³/mol. The Labute approximate surface area is 167 Å². The van der Waals surface area contributed by atoms with E-state index >= 15 is 0 Å². The van der Waals surface area contributed by atoms with Gasteiger partial charge in [-0.05, 0) is 57.5 Å². The first-order valence-electron chi connectivity index (χ1n) is 8.74. The third-order valence-electron chi connectivity index (χ3n) is 3.16. The maximum Gasteiger partial charge on any atom is 0.461 e. The molecule has 0 spiro atoms. The van der Waals surface area contributed by atoms with Crippen LogP contribution in [0.5, 0.6) is 5.75 Å². The van der Waals surface area contributed by atoms with Gasteiger partial charge in [0.15, 0.2) is 0 Å². The highest BCUT2D eigenvalue weighted by atomic mass is 19.3. The van der Waals surface area contributed by atoms with Gasteiger partial charge in [0.25, 0.3) is 5.91 Å². The van der Waals surface area contributed by atoms with Crippen molar-refractivity contribution in [2.45, 2.75) is 51.8 Å². The minimum absolute atomic E-state index is 0. The normalized spacial score (nSPS) is 12.6. The quantitative estimate of drug-likeness (QED) is 0.679. The number of nitrogens with two attached hydrogens (primary N) is 1. The molecule has 29 heavy (non-hydrogen) atoms. The molecule has 2 rings (SSSR count). The van der Waals surface area contributed by atoms with Gasteiger partial charge in [-0.25, -0.2) is 0 Å². The van der Waals surface area contributed by atoms with Crippen molar-refractivity contribution in [1.82, 2.24) is 10.3 Å². The number of hydrogen-bond donors (Lipinski definition) is 2. The number of alkyl halides is 4. The number of aromatic nitrogens is 1.